The van der Waals surface area contributed by atoms with Gasteiger partial charge in [0.1, 0.15) is 5.40 Å². The first-order valence-corrected chi connectivity index (χ1v) is 5.34. The number of nitriles is 1. The molecule has 0 heterocycles. The van der Waals surface area contributed by atoms with Crippen LogP contribution < -0.4 is 6.15 Å². The molecule has 0 aromatic rings. The number of thiocyanates is 1. The monoisotopic (exact) mass is 188 g/mol. The standard InChI is InChI=1S/C9H17NS.H3N/c1-3-5-6-9(4-2)7-11-8-10;/h9H,3-7H2,1-2H3;1H3. The first-order chi connectivity index (χ1) is 5.35. The largest absolute Gasteiger partial charge is 0.344 e. The average Bonchev–Trinajstić information content (AvgIpc) is 2.05. The van der Waals surface area contributed by atoms with Crippen molar-refractivity contribution in [3.8, 4) is 5.40 Å². The van der Waals surface area contributed by atoms with Crippen LogP contribution in [0.15, 0.2) is 0 Å². The fourth-order valence-electron chi connectivity index (χ4n) is 1.05. The molecule has 0 saturated heterocycles. The van der Waals surface area contributed by atoms with Crippen molar-refractivity contribution in [3.63, 3.8) is 0 Å². The molecule has 72 valence electrons. The lowest BCUT2D eigenvalue weighted by molar-refractivity contribution is 0.500. The number of hydrogen-bond donors (Lipinski definition) is 1. The second-order valence-electron chi connectivity index (χ2n) is 2.82. The van der Waals surface area contributed by atoms with Crippen molar-refractivity contribution in [2.24, 2.45) is 5.92 Å². The molecule has 0 aromatic carbocycles. The normalized spacial score (nSPS) is 11.4. The second kappa shape index (κ2) is 10.8. The lowest BCUT2D eigenvalue weighted by Crippen LogP contribution is -2.01. The Bertz CT molecular complexity index is 120. The van der Waals surface area contributed by atoms with Gasteiger partial charge in [0.05, 0.1) is 0 Å². The van der Waals surface area contributed by atoms with Crippen molar-refractivity contribution >= 4 is 11.8 Å². The molecule has 0 aliphatic heterocycles. The highest BCUT2D eigenvalue weighted by Crippen LogP contribution is 2.17. The summed E-state index contributed by atoms with van der Waals surface area (Å²) in [5.74, 6) is 1.78. The van der Waals surface area contributed by atoms with Crippen LogP contribution in [0.3, 0.4) is 0 Å². The summed E-state index contributed by atoms with van der Waals surface area (Å²) in [6, 6.07) is 0. The first kappa shape index (κ1) is 14.3. The van der Waals surface area contributed by atoms with Gasteiger partial charge in [-0.25, -0.2) is 0 Å². The summed E-state index contributed by atoms with van der Waals surface area (Å²) >= 11 is 1.40. The summed E-state index contributed by atoms with van der Waals surface area (Å²) in [7, 11) is 0. The Hall–Kier alpha value is -0.200. The van der Waals surface area contributed by atoms with Crippen LogP contribution in [0.4, 0.5) is 0 Å². The van der Waals surface area contributed by atoms with Crippen molar-refractivity contribution in [2.45, 2.75) is 39.5 Å². The van der Waals surface area contributed by atoms with Gasteiger partial charge in [0.2, 0.25) is 0 Å². The van der Waals surface area contributed by atoms with Gasteiger partial charge < -0.3 is 6.15 Å². The van der Waals surface area contributed by atoms with Crippen LogP contribution in [-0.2, 0) is 0 Å². The van der Waals surface area contributed by atoms with E-state index in [2.05, 4.69) is 19.2 Å². The van der Waals surface area contributed by atoms with Crippen LogP contribution >= 0.6 is 11.8 Å². The van der Waals surface area contributed by atoms with E-state index in [-0.39, 0.29) is 6.15 Å². The van der Waals surface area contributed by atoms with Gasteiger partial charge in [-0.15, -0.1) is 0 Å². The minimum Gasteiger partial charge on any atom is -0.344 e. The Morgan fingerprint density at radius 3 is 2.50 bits per heavy atom. The average molecular weight is 188 g/mol. The summed E-state index contributed by atoms with van der Waals surface area (Å²) in [5, 5.41) is 10.5. The Balaban J connectivity index is 0. The van der Waals surface area contributed by atoms with E-state index in [1.807, 2.05) is 0 Å². The first-order valence-electron chi connectivity index (χ1n) is 4.36. The maximum Gasteiger partial charge on any atom is 0.133 e. The molecule has 0 fully saturated rings. The number of unbranched alkanes of at least 4 members (excludes halogenated alkanes) is 1. The molecular weight excluding hydrogens is 168 g/mol. The van der Waals surface area contributed by atoms with E-state index in [1.165, 1.54) is 37.4 Å². The van der Waals surface area contributed by atoms with Gasteiger partial charge in [0.25, 0.3) is 0 Å². The van der Waals surface area contributed by atoms with Gasteiger partial charge in [-0.05, 0) is 24.1 Å². The number of rotatable bonds is 6. The van der Waals surface area contributed by atoms with Crippen LogP contribution in [0, 0.1) is 16.6 Å². The van der Waals surface area contributed by atoms with Crippen molar-refractivity contribution in [1.29, 1.82) is 5.26 Å². The molecule has 0 aliphatic carbocycles. The van der Waals surface area contributed by atoms with E-state index < -0.39 is 0 Å². The van der Waals surface area contributed by atoms with Gasteiger partial charge in [-0.3, -0.25) is 0 Å². The smallest absolute Gasteiger partial charge is 0.133 e. The van der Waals surface area contributed by atoms with Crippen molar-refractivity contribution in [1.82, 2.24) is 6.15 Å². The van der Waals surface area contributed by atoms with Crippen LogP contribution in [0.2, 0.25) is 0 Å². The molecule has 12 heavy (non-hydrogen) atoms. The zero-order valence-corrected chi connectivity index (χ0v) is 8.99. The summed E-state index contributed by atoms with van der Waals surface area (Å²) in [6.45, 7) is 4.42. The highest BCUT2D eigenvalue weighted by molar-refractivity contribution is 8.03. The predicted molar refractivity (Wildman–Crippen MR) is 56.4 cm³/mol. The third kappa shape index (κ3) is 7.90. The zero-order valence-electron chi connectivity index (χ0n) is 8.18. The van der Waals surface area contributed by atoms with E-state index in [9.17, 15) is 0 Å². The van der Waals surface area contributed by atoms with Crippen molar-refractivity contribution in [2.75, 3.05) is 5.75 Å². The molecular formula is C9H20N2S. The Labute approximate surface area is 80.3 Å². The van der Waals surface area contributed by atoms with Crippen molar-refractivity contribution < 1.29 is 0 Å². The van der Waals surface area contributed by atoms with E-state index in [1.54, 1.807) is 0 Å². The van der Waals surface area contributed by atoms with E-state index in [4.69, 9.17) is 5.26 Å². The molecule has 0 bridgehead atoms. The second-order valence-corrected chi connectivity index (χ2v) is 3.62. The summed E-state index contributed by atoms with van der Waals surface area (Å²) in [5.41, 5.74) is 0. The van der Waals surface area contributed by atoms with E-state index in [0.29, 0.717) is 0 Å². The highest BCUT2D eigenvalue weighted by atomic mass is 32.2. The maximum atomic E-state index is 8.35. The molecule has 0 aliphatic rings. The van der Waals surface area contributed by atoms with Crippen LogP contribution in [0.25, 0.3) is 0 Å². The minimum absolute atomic E-state index is 0. The summed E-state index contributed by atoms with van der Waals surface area (Å²) < 4.78 is 0. The Morgan fingerprint density at radius 2 is 2.08 bits per heavy atom. The van der Waals surface area contributed by atoms with Crippen molar-refractivity contribution in [3.05, 3.63) is 0 Å². The van der Waals surface area contributed by atoms with Gasteiger partial charge in [-0.1, -0.05) is 33.1 Å². The van der Waals surface area contributed by atoms with E-state index >= 15 is 0 Å². The quantitative estimate of drug-likeness (QED) is 0.648. The lowest BCUT2D eigenvalue weighted by Gasteiger charge is -2.10. The molecule has 1 unspecified atom stereocenters. The fraction of sp³-hybridized carbons (Fsp3) is 0.889. The molecule has 0 saturated carbocycles. The summed E-state index contributed by atoms with van der Waals surface area (Å²) in [4.78, 5) is 0. The predicted octanol–water partition coefficient (Wildman–Crippen LogP) is 3.58. The fourth-order valence-corrected chi connectivity index (χ4v) is 1.77. The molecule has 0 radical (unpaired) electrons. The topological polar surface area (TPSA) is 58.8 Å². The van der Waals surface area contributed by atoms with E-state index in [0.717, 1.165) is 11.7 Å². The zero-order chi connectivity index (χ0) is 8.53. The molecule has 0 rings (SSSR count). The van der Waals surface area contributed by atoms with Crippen LogP contribution in [0.5, 0.6) is 0 Å². The number of thioether (sulfide) groups is 1. The van der Waals surface area contributed by atoms with Crippen LogP contribution in [0.1, 0.15) is 39.5 Å². The third-order valence-electron chi connectivity index (χ3n) is 1.93. The Kier molecular flexibility index (Phi) is 12.9. The molecule has 3 N–H and O–H groups in total. The number of nitrogens with zero attached hydrogens (tertiary/aromatic N) is 1. The molecule has 2 nitrogen and oxygen atoms in total. The van der Waals surface area contributed by atoms with Gasteiger partial charge in [0, 0.05) is 5.75 Å². The van der Waals surface area contributed by atoms with Crippen LogP contribution in [-0.4, -0.2) is 5.75 Å². The van der Waals surface area contributed by atoms with Gasteiger partial charge in [-0.2, -0.15) is 5.26 Å². The Morgan fingerprint density at radius 1 is 1.42 bits per heavy atom. The number of hydrogen-bond acceptors (Lipinski definition) is 3. The SMILES string of the molecule is CCCCC(CC)CSC#N.N. The third-order valence-corrected chi connectivity index (χ3v) is 2.69. The van der Waals surface area contributed by atoms with Gasteiger partial charge in [0.15, 0.2) is 0 Å². The lowest BCUT2D eigenvalue weighted by atomic mass is 10.0. The molecule has 1 atom stereocenters. The minimum atomic E-state index is 0. The maximum absolute atomic E-state index is 8.35. The molecule has 0 amide bonds. The van der Waals surface area contributed by atoms with Gasteiger partial charge >= 0.3 is 0 Å². The molecule has 0 aromatic heterocycles. The molecule has 3 heteroatoms. The highest BCUT2D eigenvalue weighted by Gasteiger charge is 2.04. The summed E-state index contributed by atoms with van der Waals surface area (Å²) in [6.07, 6.45) is 5.09. The molecule has 0 spiro atoms.